The predicted molar refractivity (Wildman–Crippen MR) is 78.6 cm³/mol. The lowest BCUT2D eigenvalue weighted by molar-refractivity contribution is -0.126. The number of nitrogens with one attached hydrogen (secondary N) is 1. The fourth-order valence-corrected chi connectivity index (χ4v) is 3.07. The van der Waals surface area contributed by atoms with E-state index >= 15 is 0 Å². The van der Waals surface area contributed by atoms with E-state index in [0.29, 0.717) is 23.0 Å². The highest BCUT2D eigenvalue weighted by Crippen LogP contribution is 2.27. The lowest BCUT2D eigenvalue weighted by atomic mass is 9.98. The van der Waals surface area contributed by atoms with Gasteiger partial charge < -0.3 is 11.1 Å². The van der Waals surface area contributed by atoms with E-state index in [0.717, 1.165) is 31.2 Å². The molecule has 0 saturated heterocycles. The van der Waals surface area contributed by atoms with Gasteiger partial charge in [-0.15, -0.1) is 0 Å². The highest BCUT2D eigenvalue weighted by Gasteiger charge is 2.36. The number of amides is 1. The van der Waals surface area contributed by atoms with Crippen molar-refractivity contribution in [3.63, 3.8) is 0 Å². The summed E-state index contributed by atoms with van der Waals surface area (Å²) < 4.78 is 0. The van der Waals surface area contributed by atoms with E-state index in [1.165, 1.54) is 0 Å². The maximum absolute atomic E-state index is 12.0. The van der Waals surface area contributed by atoms with Gasteiger partial charge in [0.05, 0.1) is 5.54 Å². The van der Waals surface area contributed by atoms with Crippen LogP contribution in [-0.2, 0) is 11.2 Å². The van der Waals surface area contributed by atoms with Gasteiger partial charge >= 0.3 is 0 Å². The molecular formula is C14H18Cl2N2O. The first-order chi connectivity index (χ1) is 9.03. The van der Waals surface area contributed by atoms with E-state index in [1.807, 2.05) is 0 Å². The van der Waals surface area contributed by atoms with Crippen molar-refractivity contribution in [3.05, 3.63) is 33.8 Å². The van der Waals surface area contributed by atoms with Crippen molar-refractivity contribution in [1.82, 2.24) is 5.32 Å². The Morgan fingerprint density at radius 3 is 2.42 bits per heavy atom. The number of carbonyl (C=O) groups excluding carboxylic acids is 1. The first-order valence-corrected chi connectivity index (χ1v) is 7.28. The second-order valence-corrected chi connectivity index (χ2v) is 5.88. The second kappa shape index (κ2) is 6.12. The Bertz CT molecular complexity index is 450. The number of halogens is 2. The third-order valence-electron chi connectivity index (χ3n) is 3.67. The SMILES string of the molecule is NC1(C(=O)NCCc2c(Cl)cccc2Cl)CCCC1. The molecule has 1 aliphatic carbocycles. The Morgan fingerprint density at radius 1 is 1.26 bits per heavy atom. The van der Waals surface area contributed by atoms with Crippen LogP contribution in [0.1, 0.15) is 31.2 Å². The minimum atomic E-state index is -0.676. The normalized spacial score (nSPS) is 17.4. The van der Waals surface area contributed by atoms with Gasteiger partial charge in [0.1, 0.15) is 0 Å². The standard InChI is InChI=1S/C14H18Cl2N2O/c15-11-4-3-5-12(16)10(11)6-9-18-13(19)14(17)7-1-2-8-14/h3-5H,1-2,6-9,17H2,(H,18,19). The summed E-state index contributed by atoms with van der Waals surface area (Å²) in [5, 5.41) is 4.15. The molecule has 0 spiro atoms. The highest BCUT2D eigenvalue weighted by atomic mass is 35.5. The Kier molecular flexibility index (Phi) is 4.71. The minimum Gasteiger partial charge on any atom is -0.354 e. The number of rotatable bonds is 4. The maximum Gasteiger partial charge on any atom is 0.240 e. The van der Waals surface area contributed by atoms with Crippen LogP contribution in [0.4, 0.5) is 0 Å². The van der Waals surface area contributed by atoms with E-state index in [9.17, 15) is 4.79 Å². The maximum atomic E-state index is 12.0. The number of carbonyl (C=O) groups is 1. The molecule has 5 heteroatoms. The highest BCUT2D eigenvalue weighted by molar-refractivity contribution is 6.35. The monoisotopic (exact) mass is 300 g/mol. The Morgan fingerprint density at radius 2 is 1.84 bits per heavy atom. The van der Waals surface area contributed by atoms with Crippen LogP contribution in [-0.4, -0.2) is 18.0 Å². The van der Waals surface area contributed by atoms with Gasteiger partial charge in [0, 0.05) is 16.6 Å². The molecule has 1 aromatic rings. The van der Waals surface area contributed by atoms with Gasteiger partial charge in [0.15, 0.2) is 0 Å². The molecule has 0 atom stereocenters. The van der Waals surface area contributed by atoms with Gasteiger partial charge in [-0.1, -0.05) is 42.1 Å². The van der Waals surface area contributed by atoms with Gasteiger partial charge in [0.25, 0.3) is 0 Å². The van der Waals surface area contributed by atoms with Crippen molar-refractivity contribution in [2.24, 2.45) is 5.73 Å². The van der Waals surface area contributed by atoms with Gasteiger partial charge in [-0.2, -0.15) is 0 Å². The molecule has 0 radical (unpaired) electrons. The molecule has 1 amide bonds. The lowest BCUT2D eigenvalue weighted by Crippen LogP contribution is -2.52. The average Bonchev–Trinajstić information content (AvgIpc) is 2.81. The van der Waals surface area contributed by atoms with Gasteiger partial charge in [0.2, 0.25) is 5.91 Å². The van der Waals surface area contributed by atoms with Crippen LogP contribution in [0.3, 0.4) is 0 Å². The Hall–Kier alpha value is -0.770. The summed E-state index contributed by atoms with van der Waals surface area (Å²) in [5.41, 5.74) is 6.27. The van der Waals surface area contributed by atoms with Crippen molar-refractivity contribution < 1.29 is 4.79 Å². The van der Waals surface area contributed by atoms with Crippen LogP contribution in [0.25, 0.3) is 0 Å². The Labute approximate surface area is 123 Å². The third-order valence-corrected chi connectivity index (χ3v) is 4.38. The summed E-state index contributed by atoms with van der Waals surface area (Å²) in [6.45, 7) is 0.501. The zero-order valence-electron chi connectivity index (χ0n) is 10.7. The zero-order valence-corrected chi connectivity index (χ0v) is 12.2. The summed E-state index contributed by atoms with van der Waals surface area (Å²) >= 11 is 12.2. The number of hydrogen-bond acceptors (Lipinski definition) is 2. The summed E-state index contributed by atoms with van der Waals surface area (Å²) in [6.07, 6.45) is 4.21. The number of hydrogen-bond donors (Lipinski definition) is 2. The van der Waals surface area contributed by atoms with Gasteiger partial charge in [-0.25, -0.2) is 0 Å². The van der Waals surface area contributed by atoms with Crippen molar-refractivity contribution in [2.75, 3.05) is 6.54 Å². The summed E-state index contributed by atoms with van der Waals surface area (Å²) in [4.78, 5) is 12.0. The van der Waals surface area contributed by atoms with Crippen LogP contribution >= 0.6 is 23.2 Å². The van der Waals surface area contributed by atoms with Crippen LogP contribution in [0.2, 0.25) is 10.0 Å². The molecule has 0 aromatic heterocycles. The van der Waals surface area contributed by atoms with Crippen molar-refractivity contribution >= 4 is 29.1 Å². The van der Waals surface area contributed by atoms with Crippen molar-refractivity contribution in [3.8, 4) is 0 Å². The molecule has 1 saturated carbocycles. The molecule has 19 heavy (non-hydrogen) atoms. The fourth-order valence-electron chi connectivity index (χ4n) is 2.48. The smallest absolute Gasteiger partial charge is 0.240 e. The first kappa shape index (κ1) is 14.6. The quantitative estimate of drug-likeness (QED) is 0.898. The van der Waals surface area contributed by atoms with Gasteiger partial charge in [-0.05, 0) is 37.0 Å². The van der Waals surface area contributed by atoms with E-state index in [1.54, 1.807) is 18.2 Å². The molecular weight excluding hydrogens is 283 g/mol. The molecule has 0 aliphatic heterocycles. The van der Waals surface area contributed by atoms with Crippen LogP contribution in [0, 0.1) is 0 Å². The zero-order chi connectivity index (χ0) is 13.9. The van der Waals surface area contributed by atoms with Crippen molar-refractivity contribution in [2.45, 2.75) is 37.6 Å². The first-order valence-electron chi connectivity index (χ1n) is 6.53. The molecule has 3 nitrogen and oxygen atoms in total. The summed E-state index contributed by atoms with van der Waals surface area (Å²) in [7, 11) is 0. The number of benzene rings is 1. The van der Waals surface area contributed by atoms with Crippen LogP contribution in [0.5, 0.6) is 0 Å². The molecule has 1 aliphatic rings. The van der Waals surface area contributed by atoms with E-state index < -0.39 is 5.54 Å². The average molecular weight is 301 g/mol. The lowest BCUT2D eigenvalue weighted by Gasteiger charge is -2.22. The number of nitrogens with two attached hydrogens (primary N) is 1. The molecule has 0 unspecified atom stereocenters. The molecule has 2 rings (SSSR count). The molecule has 3 N–H and O–H groups in total. The molecule has 104 valence electrons. The Balaban J connectivity index is 1.88. The van der Waals surface area contributed by atoms with E-state index in [2.05, 4.69) is 5.32 Å². The van der Waals surface area contributed by atoms with Crippen LogP contribution < -0.4 is 11.1 Å². The topological polar surface area (TPSA) is 55.1 Å². The second-order valence-electron chi connectivity index (χ2n) is 5.07. The largest absolute Gasteiger partial charge is 0.354 e. The molecule has 1 fully saturated rings. The van der Waals surface area contributed by atoms with Crippen LogP contribution in [0.15, 0.2) is 18.2 Å². The van der Waals surface area contributed by atoms with Crippen molar-refractivity contribution in [1.29, 1.82) is 0 Å². The summed E-state index contributed by atoms with van der Waals surface area (Å²) in [5.74, 6) is -0.0619. The molecule has 0 heterocycles. The summed E-state index contributed by atoms with van der Waals surface area (Å²) in [6, 6.07) is 5.40. The van der Waals surface area contributed by atoms with E-state index in [4.69, 9.17) is 28.9 Å². The fraction of sp³-hybridized carbons (Fsp3) is 0.500. The van der Waals surface area contributed by atoms with E-state index in [-0.39, 0.29) is 5.91 Å². The third kappa shape index (κ3) is 3.41. The minimum absolute atomic E-state index is 0.0619. The molecule has 1 aromatic carbocycles. The predicted octanol–water partition coefficient (Wildman–Crippen LogP) is 2.92. The molecule has 0 bridgehead atoms. The van der Waals surface area contributed by atoms with Gasteiger partial charge in [-0.3, -0.25) is 4.79 Å².